The molecular formula is C22H23N3O3. The molecule has 1 fully saturated rings. The van der Waals surface area contributed by atoms with E-state index in [9.17, 15) is 9.59 Å². The van der Waals surface area contributed by atoms with Crippen molar-refractivity contribution < 1.29 is 14.3 Å². The smallest absolute Gasteiger partial charge is 0.229 e. The number of nitrogens with one attached hydrogen (secondary N) is 2. The highest BCUT2D eigenvalue weighted by Gasteiger charge is 2.51. The largest absolute Gasteiger partial charge is 0.495 e. The van der Waals surface area contributed by atoms with Crippen LogP contribution >= 0.6 is 0 Å². The van der Waals surface area contributed by atoms with E-state index in [4.69, 9.17) is 4.74 Å². The summed E-state index contributed by atoms with van der Waals surface area (Å²) in [6.45, 7) is 0.408. The molecule has 2 aliphatic rings. The standard InChI is InChI=1S/C22H23N3O3/c1-28-18-7-3-2-6-17(18)25-22(27)20-16-9-8-15(11-16)19(20)21(26)24-13-14-5-4-10-23-12-14/h2-10,12,15-16,19-20H,11,13H2,1H3,(H,24,26)(H,25,27)/t15-,16+,19-,20+/m0/s1. The number of benzene rings is 1. The van der Waals surface area contributed by atoms with Crippen LogP contribution in [0.25, 0.3) is 0 Å². The van der Waals surface area contributed by atoms with Crippen LogP contribution in [0.5, 0.6) is 5.75 Å². The van der Waals surface area contributed by atoms with Gasteiger partial charge in [-0.15, -0.1) is 0 Å². The summed E-state index contributed by atoms with van der Waals surface area (Å²) < 4.78 is 5.32. The molecule has 28 heavy (non-hydrogen) atoms. The van der Waals surface area contributed by atoms with Crippen molar-refractivity contribution in [2.45, 2.75) is 13.0 Å². The number of nitrogens with zero attached hydrogens (tertiary/aromatic N) is 1. The van der Waals surface area contributed by atoms with E-state index < -0.39 is 0 Å². The van der Waals surface area contributed by atoms with Gasteiger partial charge in [0.05, 0.1) is 24.6 Å². The second-order valence-corrected chi connectivity index (χ2v) is 7.27. The lowest BCUT2D eigenvalue weighted by Gasteiger charge is -2.26. The highest BCUT2D eigenvalue weighted by molar-refractivity contribution is 5.98. The molecule has 1 saturated carbocycles. The third-order valence-electron chi connectivity index (χ3n) is 5.62. The molecule has 0 aliphatic heterocycles. The highest BCUT2D eigenvalue weighted by Crippen LogP contribution is 2.48. The number of anilines is 1. The van der Waals surface area contributed by atoms with Crippen LogP contribution in [0.15, 0.2) is 60.9 Å². The first-order valence-electron chi connectivity index (χ1n) is 9.46. The van der Waals surface area contributed by atoms with Crippen molar-refractivity contribution in [3.63, 3.8) is 0 Å². The Bertz CT molecular complexity index is 897. The fraction of sp³-hybridized carbons (Fsp3) is 0.318. The van der Waals surface area contributed by atoms with Crippen LogP contribution in [0, 0.1) is 23.7 Å². The second-order valence-electron chi connectivity index (χ2n) is 7.27. The van der Waals surface area contributed by atoms with Gasteiger partial charge in [0.1, 0.15) is 5.75 Å². The minimum Gasteiger partial charge on any atom is -0.495 e. The van der Waals surface area contributed by atoms with Gasteiger partial charge in [-0.25, -0.2) is 0 Å². The molecule has 0 radical (unpaired) electrons. The number of amides is 2. The predicted octanol–water partition coefficient (Wildman–Crippen LogP) is 2.78. The Morgan fingerprint density at radius 2 is 1.82 bits per heavy atom. The first-order valence-corrected chi connectivity index (χ1v) is 9.46. The van der Waals surface area contributed by atoms with Crippen molar-refractivity contribution in [2.24, 2.45) is 23.7 Å². The number of hydrogen-bond donors (Lipinski definition) is 2. The lowest BCUT2D eigenvalue weighted by Crippen LogP contribution is -2.41. The van der Waals surface area contributed by atoms with Gasteiger partial charge >= 0.3 is 0 Å². The molecular weight excluding hydrogens is 354 g/mol. The fourth-order valence-electron chi connectivity index (χ4n) is 4.31. The predicted molar refractivity (Wildman–Crippen MR) is 105 cm³/mol. The van der Waals surface area contributed by atoms with Crippen molar-refractivity contribution in [1.29, 1.82) is 0 Å². The molecule has 0 unspecified atom stereocenters. The summed E-state index contributed by atoms with van der Waals surface area (Å²) in [6.07, 6.45) is 8.42. The van der Waals surface area contributed by atoms with E-state index >= 15 is 0 Å². The highest BCUT2D eigenvalue weighted by atomic mass is 16.5. The number of para-hydroxylation sites is 2. The number of hydrogen-bond acceptors (Lipinski definition) is 4. The van der Waals surface area contributed by atoms with Crippen LogP contribution in [0.2, 0.25) is 0 Å². The average molecular weight is 377 g/mol. The normalized spacial score (nSPS) is 24.8. The van der Waals surface area contributed by atoms with Crippen LogP contribution in [-0.2, 0) is 16.1 Å². The lowest BCUT2D eigenvalue weighted by atomic mass is 9.81. The summed E-state index contributed by atoms with van der Waals surface area (Å²) in [5, 5.41) is 5.94. The molecule has 4 atom stereocenters. The molecule has 1 aromatic heterocycles. The van der Waals surface area contributed by atoms with E-state index in [1.54, 1.807) is 31.6 Å². The van der Waals surface area contributed by atoms with Gasteiger partial charge < -0.3 is 15.4 Å². The van der Waals surface area contributed by atoms with Gasteiger partial charge in [-0.2, -0.15) is 0 Å². The van der Waals surface area contributed by atoms with E-state index in [2.05, 4.69) is 27.8 Å². The molecule has 2 amide bonds. The SMILES string of the molecule is COc1ccccc1NC(=O)[C@H]1[C@@H](C(=O)NCc2cccnc2)[C@H]2C=C[C@@H]1C2. The molecule has 2 aromatic rings. The van der Waals surface area contributed by atoms with Crippen molar-refractivity contribution in [3.05, 3.63) is 66.5 Å². The van der Waals surface area contributed by atoms with E-state index in [1.807, 2.05) is 24.3 Å². The number of rotatable bonds is 6. The molecule has 2 aliphatic carbocycles. The lowest BCUT2D eigenvalue weighted by molar-refractivity contribution is -0.133. The zero-order valence-electron chi connectivity index (χ0n) is 15.7. The van der Waals surface area contributed by atoms with Crippen LogP contribution < -0.4 is 15.4 Å². The first-order chi connectivity index (χ1) is 13.7. The minimum absolute atomic E-state index is 0.0825. The average Bonchev–Trinajstić information content (AvgIpc) is 3.35. The Morgan fingerprint density at radius 1 is 1.07 bits per heavy atom. The number of pyridine rings is 1. The topological polar surface area (TPSA) is 80.3 Å². The van der Waals surface area contributed by atoms with Gasteiger partial charge in [0.15, 0.2) is 0 Å². The third-order valence-corrected chi connectivity index (χ3v) is 5.62. The maximum Gasteiger partial charge on any atom is 0.229 e. The maximum absolute atomic E-state index is 13.1. The summed E-state index contributed by atoms with van der Waals surface area (Å²) in [6, 6.07) is 11.1. The van der Waals surface area contributed by atoms with Crippen molar-refractivity contribution in [1.82, 2.24) is 10.3 Å². The summed E-state index contributed by atoms with van der Waals surface area (Å²) in [5.41, 5.74) is 1.56. The molecule has 0 spiro atoms. The van der Waals surface area contributed by atoms with E-state index in [1.165, 1.54) is 0 Å². The molecule has 2 bridgehead atoms. The third kappa shape index (κ3) is 3.50. The number of carbonyl (C=O) groups is 2. The summed E-state index contributed by atoms with van der Waals surface area (Å²) in [7, 11) is 1.57. The molecule has 0 saturated heterocycles. The molecule has 4 rings (SSSR count). The quantitative estimate of drug-likeness (QED) is 0.759. The van der Waals surface area contributed by atoms with Gasteiger partial charge in [0, 0.05) is 18.9 Å². The number of methoxy groups -OCH3 is 1. The van der Waals surface area contributed by atoms with Gasteiger partial charge in [-0.3, -0.25) is 14.6 Å². The zero-order chi connectivity index (χ0) is 19.5. The van der Waals surface area contributed by atoms with Crippen molar-refractivity contribution in [2.75, 3.05) is 12.4 Å². The Labute approximate surface area is 164 Å². The Kier molecular flexibility index (Phi) is 5.10. The molecule has 144 valence electrons. The maximum atomic E-state index is 13.1. The summed E-state index contributed by atoms with van der Waals surface area (Å²) >= 11 is 0. The molecule has 6 heteroatoms. The Balaban J connectivity index is 1.48. The van der Waals surface area contributed by atoms with Gasteiger partial charge in [0.25, 0.3) is 0 Å². The Morgan fingerprint density at radius 3 is 2.54 bits per heavy atom. The molecule has 1 aromatic carbocycles. The van der Waals surface area contributed by atoms with Gasteiger partial charge in [-0.1, -0.05) is 30.4 Å². The minimum atomic E-state index is -0.381. The molecule has 6 nitrogen and oxygen atoms in total. The van der Waals surface area contributed by atoms with Gasteiger partial charge in [-0.05, 0) is 42.0 Å². The number of aromatic nitrogens is 1. The molecule has 1 heterocycles. The Hall–Kier alpha value is -3.15. The van der Waals surface area contributed by atoms with Crippen molar-refractivity contribution in [3.8, 4) is 5.75 Å². The van der Waals surface area contributed by atoms with E-state index in [0.29, 0.717) is 18.0 Å². The summed E-state index contributed by atoms with van der Waals surface area (Å²) in [4.78, 5) is 30.1. The number of fused-ring (bicyclic) bond motifs is 2. The van der Waals surface area contributed by atoms with Crippen LogP contribution in [-0.4, -0.2) is 23.9 Å². The van der Waals surface area contributed by atoms with E-state index in [0.717, 1.165) is 12.0 Å². The molecule has 2 N–H and O–H groups in total. The fourth-order valence-corrected chi connectivity index (χ4v) is 4.31. The number of carbonyl (C=O) groups excluding carboxylic acids is 2. The van der Waals surface area contributed by atoms with E-state index in [-0.39, 0.29) is 35.5 Å². The monoisotopic (exact) mass is 377 g/mol. The first kappa shape index (κ1) is 18.2. The second kappa shape index (κ2) is 7.84. The number of ether oxygens (including phenoxy) is 1. The zero-order valence-corrected chi connectivity index (χ0v) is 15.7. The van der Waals surface area contributed by atoms with Crippen LogP contribution in [0.3, 0.4) is 0 Å². The number of allylic oxidation sites excluding steroid dienone is 2. The van der Waals surface area contributed by atoms with Crippen LogP contribution in [0.4, 0.5) is 5.69 Å². The van der Waals surface area contributed by atoms with Crippen LogP contribution in [0.1, 0.15) is 12.0 Å². The summed E-state index contributed by atoms with van der Waals surface area (Å²) in [5.74, 6) is -0.160. The van der Waals surface area contributed by atoms with Crippen molar-refractivity contribution >= 4 is 17.5 Å². The van der Waals surface area contributed by atoms with Gasteiger partial charge in [0.2, 0.25) is 11.8 Å².